The van der Waals surface area contributed by atoms with Gasteiger partial charge in [0.05, 0.1) is 24.9 Å². The molecule has 1 saturated heterocycles. The van der Waals surface area contributed by atoms with Crippen molar-refractivity contribution in [2.24, 2.45) is 11.8 Å². The topological polar surface area (TPSA) is 159 Å². The number of aromatic nitrogens is 1. The second-order valence-electron chi connectivity index (χ2n) is 14.0. The first-order valence-electron chi connectivity index (χ1n) is 18.2. The van der Waals surface area contributed by atoms with Crippen LogP contribution in [-0.2, 0) is 14.4 Å². The summed E-state index contributed by atoms with van der Waals surface area (Å²) in [5.41, 5.74) is 2.21. The molecule has 0 bridgehead atoms. The minimum absolute atomic E-state index is 0.0323. The normalized spacial score (nSPS) is 19.0. The second kappa shape index (κ2) is 17.4. The molecule has 2 aliphatic rings. The predicted octanol–water partition coefficient (Wildman–Crippen LogP) is 5.53. The molecule has 0 radical (unpaired) electrons. The fourth-order valence-electron chi connectivity index (χ4n) is 7.00. The van der Waals surface area contributed by atoms with Crippen molar-refractivity contribution in [2.75, 3.05) is 20.2 Å². The van der Waals surface area contributed by atoms with Gasteiger partial charge in [-0.1, -0.05) is 76.8 Å². The Kier molecular flexibility index (Phi) is 12.7. The van der Waals surface area contributed by atoms with Crippen molar-refractivity contribution in [3.8, 4) is 22.8 Å². The Bertz CT molecular complexity index is 1680. The number of aliphatic carboxylic acids is 1. The molecule has 2 aromatic carbocycles. The maximum Gasteiger partial charge on any atom is 0.326 e. The molecule has 5 rings (SSSR count). The molecular formula is C39H51N5O7. The number of ether oxygens (including phenoxy) is 2. The van der Waals surface area contributed by atoms with Crippen LogP contribution in [0.3, 0.4) is 0 Å². The fourth-order valence-corrected chi connectivity index (χ4v) is 7.00. The fraction of sp³-hybridized carbons (Fsp3) is 0.513. The highest BCUT2D eigenvalue weighted by atomic mass is 16.5. The molecule has 12 nitrogen and oxygen atoms in total. The number of benzene rings is 2. The molecule has 1 saturated carbocycles. The van der Waals surface area contributed by atoms with E-state index in [9.17, 15) is 24.3 Å². The zero-order valence-corrected chi connectivity index (χ0v) is 30.0. The Morgan fingerprint density at radius 3 is 2.41 bits per heavy atom. The number of carboxylic acid groups (broad SMARTS) is 1. The number of nitrogens with one attached hydrogen (secondary N) is 3. The van der Waals surface area contributed by atoms with E-state index in [0.717, 1.165) is 36.6 Å². The number of urea groups is 1. The molecule has 3 aromatic rings. The second-order valence-corrected chi connectivity index (χ2v) is 14.0. The van der Waals surface area contributed by atoms with E-state index in [2.05, 4.69) is 16.0 Å². The number of pyridine rings is 1. The molecule has 12 heteroatoms. The Morgan fingerprint density at radius 2 is 1.75 bits per heavy atom. The van der Waals surface area contributed by atoms with Gasteiger partial charge in [0.15, 0.2) is 0 Å². The third-order valence-electron chi connectivity index (χ3n) is 9.88. The van der Waals surface area contributed by atoms with Crippen molar-refractivity contribution >= 4 is 34.7 Å². The van der Waals surface area contributed by atoms with Crippen molar-refractivity contribution in [3.63, 3.8) is 0 Å². The van der Waals surface area contributed by atoms with Crippen LogP contribution in [-0.4, -0.2) is 83.2 Å². The monoisotopic (exact) mass is 701 g/mol. The average molecular weight is 702 g/mol. The van der Waals surface area contributed by atoms with E-state index in [4.69, 9.17) is 14.5 Å². The highest BCUT2D eigenvalue weighted by Crippen LogP contribution is 2.34. The van der Waals surface area contributed by atoms with E-state index in [1.807, 2.05) is 75.4 Å². The molecular weight excluding hydrogens is 650 g/mol. The highest BCUT2D eigenvalue weighted by molar-refractivity contribution is 5.93. The van der Waals surface area contributed by atoms with Gasteiger partial charge in [-0.15, -0.1) is 0 Å². The number of carbonyl (C=O) groups is 4. The molecule has 274 valence electrons. The lowest BCUT2D eigenvalue weighted by Crippen LogP contribution is -2.57. The maximum absolute atomic E-state index is 14.0. The Labute approximate surface area is 299 Å². The number of hydrogen-bond donors (Lipinski definition) is 4. The quantitative estimate of drug-likeness (QED) is 0.171. The number of hydrogen-bond acceptors (Lipinski definition) is 7. The number of amides is 4. The average Bonchev–Trinajstić information content (AvgIpc) is 3.57. The van der Waals surface area contributed by atoms with E-state index < -0.39 is 42.1 Å². The first kappa shape index (κ1) is 37.4. The number of carbonyl (C=O) groups excluding carboxylic acids is 3. The Morgan fingerprint density at radius 1 is 1.00 bits per heavy atom. The minimum Gasteiger partial charge on any atom is -0.497 e. The summed E-state index contributed by atoms with van der Waals surface area (Å²) < 4.78 is 12.1. The lowest BCUT2D eigenvalue weighted by Gasteiger charge is -2.29. The van der Waals surface area contributed by atoms with Crippen LogP contribution in [0.4, 0.5) is 4.79 Å². The summed E-state index contributed by atoms with van der Waals surface area (Å²) in [6, 6.07) is 13.5. The number of likely N-dealkylation sites (tertiary alicyclic amines) is 1. The lowest BCUT2D eigenvalue weighted by atomic mass is 9.89. The highest BCUT2D eigenvalue weighted by Gasteiger charge is 2.43. The van der Waals surface area contributed by atoms with Crippen LogP contribution in [0.15, 0.2) is 54.6 Å². The van der Waals surface area contributed by atoms with Gasteiger partial charge < -0.3 is 35.4 Å². The van der Waals surface area contributed by atoms with E-state index in [0.29, 0.717) is 41.6 Å². The smallest absolute Gasteiger partial charge is 0.326 e. The van der Waals surface area contributed by atoms with Crippen LogP contribution in [0.5, 0.6) is 11.5 Å². The van der Waals surface area contributed by atoms with Crippen LogP contribution in [0, 0.1) is 11.8 Å². The SMILES string of the molecule is CCC[C@H](NC(=O)[C@@H]1C[C@@H](Oc2cc(-c3ccccc3)nc3cc(OC)ccc23)CN1C(=O)N[C@H](C(=O)NCC1CCCCC1)C(C)C)C(=O)O. The van der Waals surface area contributed by atoms with Gasteiger partial charge >= 0.3 is 12.0 Å². The first-order chi connectivity index (χ1) is 24.6. The van der Waals surface area contributed by atoms with Gasteiger partial charge in [0.25, 0.3) is 0 Å². The summed E-state index contributed by atoms with van der Waals surface area (Å²) in [6.07, 6.45) is 5.96. The lowest BCUT2D eigenvalue weighted by molar-refractivity contribution is -0.142. The van der Waals surface area contributed by atoms with E-state index >= 15 is 0 Å². The summed E-state index contributed by atoms with van der Waals surface area (Å²) in [6.45, 7) is 6.16. The zero-order valence-electron chi connectivity index (χ0n) is 30.0. The number of carboxylic acids is 1. The maximum atomic E-state index is 14.0. The summed E-state index contributed by atoms with van der Waals surface area (Å²) in [5.74, 6) is -0.645. The molecule has 1 aliphatic carbocycles. The summed E-state index contributed by atoms with van der Waals surface area (Å²) >= 11 is 0. The van der Waals surface area contributed by atoms with Crippen molar-refractivity contribution in [1.82, 2.24) is 25.8 Å². The molecule has 0 spiro atoms. The Balaban J connectivity index is 1.40. The van der Waals surface area contributed by atoms with Crippen LogP contribution in [0.1, 0.15) is 72.1 Å². The van der Waals surface area contributed by atoms with Crippen molar-refractivity contribution in [1.29, 1.82) is 0 Å². The standard InChI is InChI=1S/C39H51N5O7/c1-5-12-30(38(47)48)42-36(45)33-20-28(23-44(33)39(49)43-35(24(2)3)37(46)40-22-25-13-8-6-9-14-25)51-34-21-31(26-15-10-7-11-16-26)41-32-19-27(50-4)17-18-29(32)34/h7,10-11,15-19,21,24-25,28,30,33,35H,5-6,8-9,12-14,20,22-23H2,1-4H3,(H,40,46)(H,42,45)(H,43,49)(H,47,48)/t28-,30+,33+,35+/m1/s1. The number of methoxy groups -OCH3 is 1. The predicted molar refractivity (Wildman–Crippen MR) is 194 cm³/mol. The van der Waals surface area contributed by atoms with Gasteiger partial charge in [-0.3, -0.25) is 9.59 Å². The van der Waals surface area contributed by atoms with Crippen LogP contribution in [0.2, 0.25) is 0 Å². The van der Waals surface area contributed by atoms with Crippen molar-refractivity contribution < 1.29 is 33.8 Å². The van der Waals surface area contributed by atoms with E-state index in [-0.39, 0.29) is 31.2 Å². The van der Waals surface area contributed by atoms with E-state index in [1.54, 1.807) is 7.11 Å². The van der Waals surface area contributed by atoms with Gasteiger partial charge in [-0.25, -0.2) is 14.6 Å². The number of rotatable bonds is 14. The van der Waals surface area contributed by atoms with Crippen molar-refractivity contribution in [3.05, 3.63) is 54.6 Å². The minimum atomic E-state index is -1.14. The first-order valence-corrected chi connectivity index (χ1v) is 18.2. The molecule has 51 heavy (non-hydrogen) atoms. The molecule has 2 fully saturated rings. The molecule has 4 amide bonds. The Hall–Kier alpha value is -4.87. The molecule has 1 aliphatic heterocycles. The van der Waals surface area contributed by atoms with Crippen LogP contribution < -0.4 is 25.4 Å². The van der Waals surface area contributed by atoms with Crippen LogP contribution in [0.25, 0.3) is 22.2 Å². The van der Waals surface area contributed by atoms with Crippen molar-refractivity contribution in [2.45, 2.75) is 96.4 Å². The third-order valence-corrected chi connectivity index (χ3v) is 9.88. The summed E-state index contributed by atoms with van der Waals surface area (Å²) in [4.78, 5) is 59.3. The zero-order chi connectivity index (χ0) is 36.5. The molecule has 2 heterocycles. The van der Waals surface area contributed by atoms with Gasteiger partial charge in [0.1, 0.15) is 35.7 Å². The number of fused-ring (bicyclic) bond motifs is 1. The summed E-state index contributed by atoms with van der Waals surface area (Å²) in [7, 11) is 1.59. The molecule has 0 unspecified atom stereocenters. The molecule has 1 aromatic heterocycles. The van der Waals surface area contributed by atoms with Gasteiger partial charge in [-0.2, -0.15) is 0 Å². The molecule has 4 N–H and O–H groups in total. The third kappa shape index (κ3) is 9.47. The summed E-state index contributed by atoms with van der Waals surface area (Å²) in [5, 5.41) is 19.1. The van der Waals surface area contributed by atoms with Gasteiger partial charge in [0, 0.05) is 36.0 Å². The number of nitrogens with zero attached hydrogens (tertiary/aromatic N) is 2. The van der Waals surface area contributed by atoms with Gasteiger partial charge in [0.2, 0.25) is 11.8 Å². The molecule has 4 atom stereocenters. The van der Waals surface area contributed by atoms with E-state index in [1.165, 1.54) is 11.3 Å². The van der Waals surface area contributed by atoms with Crippen LogP contribution >= 0.6 is 0 Å². The largest absolute Gasteiger partial charge is 0.497 e. The van der Waals surface area contributed by atoms with Gasteiger partial charge in [-0.05, 0) is 43.2 Å².